The first-order chi connectivity index (χ1) is 9.41. The molecule has 0 spiro atoms. The highest BCUT2D eigenvalue weighted by Gasteiger charge is 2.35. The fourth-order valence-corrected chi connectivity index (χ4v) is 2.65. The Morgan fingerprint density at radius 3 is 2.65 bits per heavy atom. The van der Waals surface area contributed by atoms with E-state index < -0.39 is 0 Å². The average Bonchev–Trinajstić information content (AvgIpc) is 2.41. The van der Waals surface area contributed by atoms with Crippen LogP contribution >= 0.6 is 0 Å². The van der Waals surface area contributed by atoms with Crippen LogP contribution in [0.2, 0.25) is 0 Å². The molecule has 0 bridgehead atoms. The molecule has 20 heavy (non-hydrogen) atoms. The highest BCUT2D eigenvalue weighted by Crippen LogP contribution is 2.25. The number of urea groups is 1. The molecule has 0 saturated carbocycles. The molecule has 6 nitrogen and oxygen atoms in total. The lowest BCUT2D eigenvalue weighted by Gasteiger charge is -2.39. The van der Waals surface area contributed by atoms with Crippen LogP contribution in [0.25, 0.3) is 0 Å². The van der Waals surface area contributed by atoms with E-state index in [2.05, 4.69) is 12.2 Å². The van der Waals surface area contributed by atoms with Crippen LogP contribution in [0.3, 0.4) is 0 Å². The number of hydrogen-bond acceptors (Lipinski definition) is 3. The van der Waals surface area contributed by atoms with E-state index in [9.17, 15) is 9.59 Å². The van der Waals surface area contributed by atoms with E-state index >= 15 is 0 Å². The zero-order valence-corrected chi connectivity index (χ0v) is 12.6. The van der Waals surface area contributed by atoms with Crippen molar-refractivity contribution in [1.82, 2.24) is 15.1 Å². The van der Waals surface area contributed by atoms with Gasteiger partial charge in [0.1, 0.15) is 0 Å². The third-order valence-electron chi connectivity index (χ3n) is 4.04. The van der Waals surface area contributed by atoms with E-state index in [0.717, 1.165) is 19.4 Å². The molecule has 114 valence electrons. The second kappa shape index (κ2) is 5.99. The summed E-state index contributed by atoms with van der Waals surface area (Å²) < 4.78 is 5.18. The summed E-state index contributed by atoms with van der Waals surface area (Å²) >= 11 is 0. The predicted octanol–water partition coefficient (Wildman–Crippen LogP) is 0.533. The van der Waals surface area contributed by atoms with Crippen molar-refractivity contribution in [2.75, 3.05) is 46.9 Å². The van der Waals surface area contributed by atoms with Crippen LogP contribution in [0.1, 0.15) is 19.8 Å². The summed E-state index contributed by atoms with van der Waals surface area (Å²) in [5, 5.41) is 3.01. The number of nitrogens with zero attached hydrogens (tertiary/aromatic N) is 2. The number of ether oxygens (including phenoxy) is 1. The number of hydrogen-bond donors (Lipinski definition) is 1. The molecule has 2 rings (SSSR count). The molecule has 2 saturated heterocycles. The van der Waals surface area contributed by atoms with Crippen LogP contribution in [-0.2, 0) is 9.53 Å². The maximum Gasteiger partial charge on any atom is 0.319 e. The van der Waals surface area contributed by atoms with Crippen molar-refractivity contribution >= 4 is 11.9 Å². The first-order valence-electron chi connectivity index (χ1n) is 7.23. The Labute approximate surface area is 120 Å². The summed E-state index contributed by atoms with van der Waals surface area (Å²) in [5.74, 6) is -0.0216. The fraction of sp³-hybridized carbons (Fsp3) is 0.857. The molecular weight excluding hydrogens is 258 g/mol. The van der Waals surface area contributed by atoms with Crippen molar-refractivity contribution in [3.05, 3.63) is 0 Å². The largest absolute Gasteiger partial charge is 0.380 e. The van der Waals surface area contributed by atoms with Gasteiger partial charge in [0.15, 0.2) is 0 Å². The Hall–Kier alpha value is -1.30. The number of amides is 3. The highest BCUT2D eigenvalue weighted by molar-refractivity contribution is 5.80. The molecular formula is C14H25N3O3. The lowest BCUT2D eigenvalue weighted by Crippen LogP contribution is -2.52. The maximum absolute atomic E-state index is 12.2. The smallest absolute Gasteiger partial charge is 0.319 e. The van der Waals surface area contributed by atoms with E-state index in [-0.39, 0.29) is 23.3 Å². The minimum Gasteiger partial charge on any atom is -0.380 e. The summed E-state index contributed by atoms with van der Waals surface area (Å²) in [5.41, 5.74) is 0.0868. The lowest BCUT2D eigenvalue weighted by atomic mass is 9.88. The van der Waals surface area contributed by atoms with Crippen molar-refractivity contribution in [1.29, 1.82) is 0 Å². The molecule has 2 fully saturated rings. The molecule has 0 radical (unpaired) electrons. The Morgan fingerprint density at radius 2 is 2.10 bits per heavy atom. The first-order valence-corrected chi connectivity index (χ1v) is 7.23. The minimum absolute atomic E-state index is 0.0122. The number of carbonyl (C=O) groups is 2. The van der Waals surface area contributed by atoms with E-state index in [1.165, 1.54) is 0 Å². The lowest BCUT2D eigenvalue weighted by molar-refractivity contribution is -0.131. The third-order valence-corrected chi connectivity index (χ3v) is 4.04. The van der Waals surface area contributed by atoms with E-state index in [0.29, 0.717) is 26.3 Å². The predicted molar refractivity (Wildman–Crippen MR) is 75.3 cm³/mol. The third kappa shape index (κ3) is 3.42. The molecule has 0 aromatic rings. The summed E-state index contributed by atoms with van der Waals surface area (Å²) in [6, 6.07) is -0.0122. The standard InChI is InChI=1S/C14H25N3O3/c1-14(9-20-10-14)8-15-12(18)11-5-4-6-17(7-11)13(19)16(2)3/h11H,4-10H2,1-3H3,(H,15,18). The van der Waals surface area contributed by atoms with Gasteiger partial charge in [-0.3, -0.25) is 4.79 Å². The average molecular weight is 283 g/mol. The molecule has 0 aromatic carbocycles. The fourth-order valence-electron chi connectivity index (χ4n) is 2.65. The Bertz CT molecular complexity index is 380. The Kier molecular flexibility index (Phi) is 4.52. The maximum atomic E-state index is 12.2. The van der Waals surface area contributed by atoms with Crippen molar-refractivity contribution in [3.8, 4) is 0 Å². The molecule has 3 amide bonds. The number of piperidine rings is 1. The molecule has 1 unspecified atom stereocenters. The summed E-state index contributed by atoms with van der Waals surface area (Å²) in [4.78, 5) is 27.5. The van der Waals surface area contributed by atoms with Crippen LogP contribution in [0.4, 0.5) is 4.79 Å². The highest BCUT2D eigenvalue weighted by atomic mass is 16.5. The van der Waals surface area contributed by atoms with Gasteiger partial charge in [-0.2, -0.15) is 0 Å². The number of nitrogens with one attached hydrogen (secondary N) is 1. The van der Waals surface area contributed by atoms with Crippen LogP contribution in [-0.4, -0.2) is 68.7 Å². The summed E-state index contributed by atoms with van der Waals surface area (Å²) in [6.07, 6.45) is 1.74. The van der Waals surface area contributed by atoms with Gasteiger partial charge in [-0.1, -0.05) is 6.92 Å². The SMILES string of the molecule is CN(C)C(=O)N1CCCC(C(=O)NCC2(C)COC2)C1. The van der Waals surface area contributed by atoms with Gasteiger partial charge < -0.3 is 19.9 Å². The van der Waals surface area contributed by atoms with E-state index in [4.69, 9.17) is 4.74 Å². The molecule has 2 aliphatic rings. The van der Waals surface area contributed by atoms with Gasteiger partial charge in [0.05, 0.1) is 19.1 Å². The number of carbonyl (C=O) groups excluding carboxylic acids is 2. The van der Waals surface area contributed by atoms with Crippen molar-refractivity contribution in [3.63, 3.8) is 0 Å². The molecule has 1 atom stereocenters. The van der Waals surface area contributed by atoms with Crippen LogP contribution in [0.5, 0.6) is 0 Å². The van der Waals surface area contributed by atoms with Crippen LogP contribution in [0, 0.1) is 11.3 Å². The molecule has 6 heteroatoms. The van der Waals surface area contributed by atoms with E-state index in [1.807, 2.05) is 0 Å². The topological polar surface area (TPSA) is 61.9 Å². The minimum atomic E-state index is -0.0859. The van der Waals surface area contributed by atoms with Gasteiger partial charge in [-0.25, -0.2) is 4.79 Å². The van der Waals surface area contributed by atoms with E-state index in [1.54, 1.807) is 23.9 Å². The normalized spacial score (nSPS) is 24.8. The van der Waals surface area contributed by atoms with Gasteiger partial charge >= 0.3 is 6.03 Å². The monoisotopic (exact) mass is 283 g/mol. The van der Waals surface area contributed by atoms with Gasteiger partial charge in [0, 0.05) is 39.1 Å². The van der Waals surface area contributed by atoms with Crippen LogP contribution in [0.15, 0.2) is 0 Å². The Morgan fingerprint density at radius 1 is 1.40 bits per heavy atom. The van der Waals surface area contributed by atoms with Gasteiger partial charge in [-0.15, -0.1) is 0 Å². The molecule has 0 aliphatic carbocycles. The van der Waals surface area contributed by atoms with Gasteiger partial charge in [-0.05, 0) is 12.8 Å². The zero-order chi connectivity index (χ0) is 14.8. The van der Waals surface area contributed by atoms with Crippen LogP contribution < -0.4 is 5.32 Å². The summed E-state index contributed by atoms with van der Waals surface area (Å²) in [6.45, 7) is 5.46. The van der Waals surface area contributed by atoms with Gasteiger partial charge in [0.2, 0.25) is 5.91 Å². The number of likely N-dealkylation sites (tertiary alicyclic amines) is 1. The molecule has 1 N–H and O–H groups in total. The molecule has 2 heterocycles. The van der Waals surface area contributed by atoms with Gasteiger partial charge in [0.25, 0.3) is 0 Å². The number of rotatable bonds is 3. The zero-order valence-electron chi connectivity index (χ0n) is 12.6. The first kappa shape index (κ1) is 15.1. The molecule has 0 aromatic heterocycles. The van der Waals surface area contributed by atoms with Crippen molar-refractivity contribution in [2.45, 2.75) is 19.8 Å². The second-order valence-electron chi connectivity index (χ2n) is 6.48. The van der Waals surface area contributed by atoms with Crippen molar-refractivity contribution in [2.24, 2.45) is 11.3 Å². The summed E-state index contributed by atoms with van der Waals surface area (Å²) in [7, 11) is 3.48. The molecule has 2 aliphatic heterocycles. The van der Waals surface area contributed by atoms with Crippen molar-refractivity contribution < 1.29 is 14.3 Å². The second-order valence-corrected chi connectivity index (χ2v) is 6.48. The Balaban J connectivity index is 1.82. The quantitative estimate of drug-likeness (QED) is 0.822.